The van der Waals surface area contributed by atoms with E-state index >= 15 is 0 Å². The molecule has 0 aromatic heterocycles. The van der Waals surface area contributed by atoms with Gasteiger partial charge >= 0.3 is 11.9 Å². The minimum atomic E-state index is -0.704. The Kier molecular flexibility index (Phi) is 5.66. The van der Waals surface area contributed by atoms with Crippen molar-refractivity contribution in [1.82, 2.24) is 0 Å². The summed E-state index contributed by atoms with van der Waals surface area (Å²) in [5.41, 5.74) is 1.52. The minimum absolute atomic E-state index is 0.0198. The first kappa shape index (κ1) is 22.6. The molecule has 3 aliphatic rings. The molecule has 0 radical (unpaired) electrons. The Bertz CT molecular complexity index is 939. The normalized spacial score (nSPS) is 32.7. The highest BCUT2D eigenvalue weighted by Gasteiger charge is 2.67. The molecule has 31 heavy (non-hydrogen) atoms. The van der Waals surface area contributed by atoms with Gasteiger partial charge in [0.2, 0.25) is 0 Å². The van der Waals surface area contributed by atoms with Crippen LogP contribution in [0.3, 0.4) is 0 Å². The lowest BCUT2D eigenvalue weighted by Crippen LogP contribution is -2.48. The first-order chi connectivity index (χ1) is 14.5. The fourth-order valence-corrected chi connectivity index (χ4v) is 6.05. The SMILES string of the molecule is C[C@H]([C@H](C)C(=O)OCc1c(Cl)cccc1Cl)[C@H]1N=C2[C@H](OC1=O)[C@H]1CC[C@]2(C)C1(C)C. The molecular weight excluding hydrogens is 437 g/mol. The zero-order valence-electron chi connectivity index (χ0n) is 18.6. The third-order valence-corrected chi connectivity index (χ3v) is 9.05. The van der Waals surface area contributed by atoms with Crippen molar-refractivity contribution in [2.75, 3.05) is 0 Å². The molecular formula is C24H29Cl2NO4. The zero-order valence-corrected chi connectivity index (χ0v) is 20.1. The topological polar surface area (TPSA) is 65.0 Å². The lowest BCUT2D eigenvalue weighted by Gasteiger charge is -2.37. The molecule has 2 fully saturated rings. The maximum atomic E-state index is 12.8. The summed E-state index contributed by atoms with van der Waals surface area (Å²) >= 11 is 12.3. The predicted molar refractivity (Wildman–Crippen MR) is 120 cm³/mol. The third kappa shape index (κ3) is 3.39. The van der Waals surface area contributed by atoms with Crippen LogP contribution in [0.15, 0.2) is 23.2 Å². The molecule has 0 amide bonds. The van der Waals surface area contributed by atoms with E-state index in [0.29, 0.717) is 21.5 Å². The van der Waals surface area contributed by atoms with Crippen LogP contribution in [0.4, 0.5) is 0 Å². The molecule has 7 heteroatoms. The van der Waals surface area contributed by atoms with Gasteiger partial charge in [0, 0.05) is 32.9 Å². The number of aliphatic imine (C=N–C) groups is 1. The van der Waals surface area contributed by atoms with Gasteiger partial charge in [-0.25, -0.2) is 4.79 Å². The Morgan fingerprint density at radius 3 is 2.55 bits per heavy atom. The van der Waals surface area contributed by atoms with Gasteiger partial charge in [0.15, 0.2) is 6.04 Å². The summed E-state index contributed by atoms with van der Waals surface area (Å²) in [5, 5.41) is 0.892. The molecule has 0 saturated heterocycles. The Morgan fingerprint density at radius 2 is 1.90 bits per heavy atom. The maximum absolute atomic E-state index is 12.8. The molecule has 0 unspecified atom stereocenters. The van der Waals surface area contributed by atoms with Crippen LogP contribution in [0.2, 0.25) is 10.0 Å². The second kappa shape index (κ2) is 7.77. The summed E-state index contributed by atoms with van der Waals surface area (Å²) in [6, 6.07) is 4.43. The van der Waals surface area contributed by atoms with Crippen molar-refractivity contribution in [2.45, 2.75) is 66.2 Å². The second-order valence-electron chi connectivity index (χ2n) is 9.97. The van der Waals surface area contributed by atoms with E-state index in [1.807, 2.05) is 6.92 Å². The van der Waals surface area contributed by atoms with Gasteiger partial charge in [0.05, 0.1) is 11.6 Å². The number of hydrogen-bond acceptors (Lipinski definition) is 5. The van der Waals surface area contributed by atoms with E-state index in [0.717, 1.165) is 18.6 Å². The smallest absolute Gasteiger partial charge is 0.331 e. The molecule has 1 aliphatic heterocycles. The monoisotopic (exact) mass is 465 g/mol. The number of halogens is 2. The summed E-state index contributed by atoms with van der Waals surface area (Å²) in [5.74, 6) is -1.36. The molecule has 4 rings (SSSR count). The van der Waals surface area contributed by atoms with Crippen LogP contribution < -0.4 is 0 Å². The lowest BCUT2D eigenvalue weighted by atomic mass is 9.70. The van der Waals surface area contributed by atoms with E-state index in [-0.39, 0.29) is 35.4 Å². The number of fused-ring (bicyclic) bond motifs is 5. The van der Waals surface area contributed by atoms with Crippen LogP contribution in [-0.4, -0.2) is 29.8 Å². The number of rotatable bonds is 5. The van der Waals surface area contributed by atoms with Crippen LogP contribution in [0.1, 0.15) is 53.0 Å². The molecule has 2 bridgehead atoms. The molecule has 1 aromatic carbocycles. The summed E-state index contributed by atoms with van der Waals surface area (Å²) in [6.07, 6.45) is 1.87. The molecule has 2 aliphatic carbocycles. The first-order valence-electron chi connectivity index (χ1n) is 10.9. The number of ether oxygens (including phenoxy) is 2. The van der Waals surface area contributed by atoms with Gasteiger partial charge in [-0.3, -0.25) is 9.79 Å². The highest BCUT2D eigenvalue weighted by molar-refractivity contribution is 6.35. The van der Waals surface area contributed by atoms with Gasteiger partial charge in [-0.05, 0) is 30.4 Å². The molecule has 168 valence electrons. The number of benzene rings is 1. The van der Waals surface area contributed by atoms with Crippen molar-refractivity contribution in [1.29, 1.82) is 0 Å². The Hall–Kier alpha value is -1.59. The standard InChI is InChI=1S/C24H29Cl2NO4/c1-12(13(2)21(28)30-11-14-16(25)7-6-8-17(14)26)18-22(29)31-19-15-9-10-24(5,20(19)27-18)23(15,3)4/h6-8,12-13,15,18-19H,9-11H2,1-5H3/t12-,13+,15-,18-,19-,24+/m1/s1. The van der Waals surface area contributed by atoms with Crippen molar-refractivity contribution in [2.24, 2.45) is 33.6 Å². The molecule has 0 spiro atoms. The summed E-state index contributed by atoms with van der Waals surface area (Å²) in [6.45, 7) is 10.3. The van der Waals surface area contributed by atoms with Crippen LogP contribution >= 0.6 is 23.2 Å². The summed E-state index contributed by atoms with van der Waals surface area (Å²) in [7, 11) is 0. The Labute approximate surface area is 193 Å². The van der Waals surface area contributed by atoms with E-state index in [1.165, 1.54) is 0 Å². The molecule has 5 nitrogen and oxygen atoms in total. The van der Waals surface area contributed by atoms with Crippen molar-refractivity contribution < 1.29 is 19.1 Å². The van der Waals surface area contributed by atoms with Crippen LogP contribution in [-0.2, 0) is 25.7 Å². The van der Waals surface area contributed by atoms with E-state index < -0.39 is 17.9 Å². The Balaban J connectivity index is 1.49. The van der Waals surface area contributed by atoms with Gasteiger partial charge in [-0.1, -0.05) is 63.9 Å². The second-order valence-corrected chi connectivity index (χ2v) is 10.8. The predicted octanol–water partition coefficient (Wildman–Crippen LogP) is 5.50. The van der Waals surface area contributed by atoms with E-state index in [1.54, 1.807) is 25.1 Å². The fraction of sp³-hybridized carbons (Fsp3) is 0.625. The fourth-order valence-electron chi connectivity index (χ4n) is 5.55. The van der Waals surface area contributed by atoms with Gasteiger partial charge in [-0.15, -0.1) is 0 Å². The number of hydrogen-bond donors (Lipinski definition) is 0. The summed E-state index contributed by atoms with van der Waals surface area (Å²) in [4.78, 5) is 30.5. The van der Waals surface area contributed by atoms with Gasteiger partial charge in [-0.2, -0.15) is 0 Å². The average Bonchev–Trinajstić information content (AvgIpc) is 3.03. The lowest BCUT2D eigenvalue weighted by molar-refractivity contribution is -0.156. The zero-order chi connectivity index (χ0) is 22.7. The largest absolute Gasteiger partial charge is 0.460 e. The van der Waals surface area contributed by atoms with Crippen molar-refractivity contribution in [3.63, 3.8) is 0 Å². The molecule has 1 aromatic rings. The van der Waals surface area contributed by atoms with E-state index in [9.17, 15) is 9.59 Å². The van der Waals surface area contributed by atoms with Crippen molar-refractivity contribution in [3.8, 4) is 0 Å². The quantitative estimate of drug-likeness (QED) is 0.538. The number of carbonyl (C=O) groups excluding carboxylic acids is 2. The number of nitrogens with zero attached hydrogens (tertiary/aromatic N) is 1. The van der Waals surface area contributed by atoms with Crippen LogP contribution in [0, 0.1) is 28.6 Å². The van der Waals surface area contributed by atoms with Gasteiger partial charge in [0.1, 0.15) is 12.7 Å². The molecule has 2 saturated carbocycles. The van der Waals surface area contributed by atoms with E-state index in [4.69, 9.17) is 37.7 Å². The Morgan fingerprint density at radius 1 is 1.26 bits per heavy atom. The molecule has 1 heterocycles. The highest BCUT2D eigenvalue weighted by Crippen LogP contribution is 2.65. The maximum Gasteiger partial charge on any atom is 0.331 e. The summed E-state index contributed by atoms with van der Waals surface area (Å²) < 4.78 is 11.4. The third-order valence-electron chi connectivity index (χ3n) is 8.35. The minimum Gasteiger partial charge on any atom is -0.460 e. The number of esters is 2. The van der Waals surface area contributed by atoms with Crippen LogP contribution in [0.5, 0.6) is 0 Å². The average molecular weight is 466 g/mol. The van der Waals surface area contributed by atoms with E-state index in [2.05, 4.69) is 20.8 Å². The van der Waals surface area contributed by atoms with Gasteiger partial charge < -0.3 is 9.47 Å². The number of carbonyl (C=O) groups is 2. The van der Waals surface area contributed by atoms with Gasteiger partial charge in [0.25, 0.3) is 0 Å². The van der Waals surface area contributed by atoms with Crippen molar-refractivity contribution in [3.05, 3.63) is 33.8 Å². The van der Waals surface area contributed by atoms with Crippen LogP contribution in [0.25, 0.3) is 0 Å². The molecule has 0 N–H and O–H groups in total. The molecule has 6 atom stereocenters. The highest BCUT2D eigenvalue weighted by atomic mass is 35.5. The first-order valence-corrected chi connectivity index (χ1v) is 11.6. The van der Waals surface area contributed by atoms with Crippen molar-refractivity contribution >= 4 is 40.9 Å².